The molecule has 27 heavy (non-hydrogen) atoms. The van der Waals surface area contributed by atoms with Crippen molar-refractivity contribution in [2.24, 2.45) is 7.05 Å². The van der Waals surface area contributed by atoms with Gasteiger partial charge in [-0.05, 0) is 19.1 Å². The molecule has 4 rings (SSSR count). The van der Waals surface area contributed by atoms with E-state index in [1.165, 1.54) is 4.90 Å². The quantitative estimate of drug-likeness (QED) is 0.731. The number of H-pyrrole nitrogens is 1. The van der Waals surface area contributed by atoms with Crippen molar-refractivity contribution in [3.8, 4) is 0 Å². The van der Waals surface area contributed by atoms with Crippen LogP contribution in [0, 0.1) is 0 Å². The Bertz CT molecular complexity index is 959. The minimum Gasteiger partial charge on any atom is -0.340 e. The second-order valence-electron chi connectivity index (χ2n) is 6.65. The maximum absolute atomic E-state index is 12.6. The number of carbonyl (C=O) groups excluding carboxylic acids is 2. The van der Waals surface area contributed by atoms with Crippen molar-refractivity contribution >= 4 is 28.7 Å². The van der Waals surface area contributed by atoms with Crippen LogP contribution in [0.25, 0.3) is 11.0 Å². The van der Waals surface area contributed by atoms with E-state index in [9.17, 15) is 9.59 Å². The number of amides is 3. The molecular weight excluding hydrogens is 346 g/mol. The number of anilines is 1. The molecule has 1 saturated heterocycles. The number of aromatic amines is 1. The zero-order valence-electron chi connectivity index (χ0n) is 15.2. The number of fused-ring (bicyclic) bond motifs is 1. The molecule has 9 nitrogen and oxygen atoms in total. The molecule has 9 heteroatoms. The van der Waals surface area contributed by atoms with E-state index in [0.717, 1.165) is 16.7 Å². The van der Waals surface area contributed by atoms with Crippen LogP contribution in [0.1, 0.15) is 18.8 Å². The molecule has 140 valence electrons. The Morgan fingerprint density at radius 3 is 2.81 bits per heavy atom. The van der Waals surface area contributed by atoms with Gasteiger partial charge in [0.2, 0.25) is 5.91 Å². The zero-order valence-corrected chi connectivity index (χ0v) is 15.2. The van der Waals surface area contributed by atoms with Crippen molar-refractivity contribution in [1.29, 1.82) is 0 Å². The van der Waals surface area contributed by atoms with Gasteiger partial charge in [0, 0.05) is 26.3 Å². The number of benzene rings is 1. The highest BCUT2D eigenvalue weighted by Gasteiger charge is 2.29. The van der Waals surface area contributed by atoms with Gasteiger partial charge in [0.25, 0.3) is 0 Å². The van der Waals surface area contributed by atoms with Crippen molar-refractivity contribution in [3.63, 3.8) is 0 Å². The summed E-state index contributed by atoms with van der Waals surface area (Å²) in [5.41, 5.74) is 2.53. The van der Waals surface area contributed by atoms with E-state index in [1.54, 1.807) is 29.0 Å². The molecule has 1 aliphatic heterocycles. The van der Waals surface area contributed by atoms with Crippen molar-refractivity contribution in [3.05, 3.63) is 42.5 Å². The molecule has 2 N–H and O–H groups in total. The van der Waals surface area contributed by atoms with Crippen LogP contribution in [-0.4, -0.2) is 56.2 Å². The van der Waals surface area contributed by atoms with E-state index in [0.29, 0.717) is 18.9 Å². The Hall–Kier alpha value is -3.36. The summed E-state index contributed by atoms with van der Waals surface area (Å²) in [4.78, 5) is 35.9. The Balaban J connectivity index is 1.39. The lowest BCUT2D eigenvalue weighted by molar-refractivity contribution is -0.120. The van der Waals surface area contributed by atoms with Crippen molar-refractivity contribution in [2.45, 2.75) is 13.0 Å². The number of nitrogens with one attached hydrogen (secondary N) is 2. The van der Waals surface area contributed by atoms with Crippen LogP contribution >= 0.6 is 0 Å². The second kappa shape index (κ2) is 6.75. The van der Waals surface area contributed by atoms with Gasteiger partial charge in [-0.25, -0.2) is 9.78 Å². The van der Waals surface area contributed by atoms with Gasteiger partial charge in [-0.3, -0.25) is 9.48 Å². The predicted molar refractivity (Wildman–Crippen MR) is 100 cm³/mol. The topological polar surface area (TPSA) is 99.2 Å². The third kappa shape index (κ3) is 3.35. The molecule has 3 heterocycles. The minimum absolute atomic E-state index is 0.0353. The average molecular weight is 367 g/mol. The van der Waals surface area contributed by atoms with Crippen LogP contribution in [0.4, 0.5) is 10.5 Å². The molecule has 1 unspecified atom stereocenters. The molecule has 1 fully saturated rings. The van der Waals surface area contributed by atoms with E-state index < -0.39 is 0 Å². The Kier molecular flexibility index (Phi) is 4.27. The second-order valence-corrected chi connectivity index (χ2v) is 6.65. The fourth-order valence-electron chi connectivity index (χ4n) is 3.19. The van der Waals surface area contributed by atoms with Gasteiger partial charge in [0.1, 0.15) is 12.4 Å². The number of piperazine rings is 1. The minimum atomic E-state index is -0.295. The number of aromatic nitrogens is 4. The summed E-state index contributed by atoms with van der Waals surface area (Å²) in [5, 5.41) is 7.00. The molecule has 0 radical (unpaired) electrons. The van der Waals surface area contributed by atoms with Gasteiger partial charge in [-0.15, -0.1) is 0 Å². The van der Waals surface area contributed by atoms with Gasteiger partial charge in [-0.1, -0.05) is 12.1 Å². The SMILES string of the molecule is CC(NC(=O)N1CCN(c2cnn(C)c2)C(=O)C1)c1nc2ccccc2[nH]1. The molecule has 1 aliphatic rings. The molecule has 0 aliphatic carbocycles. The van der Waals surface area contributed by atoms with Crippen LogP contribution < -0.4 is 10.2 Å². The summed E-state index contributed by atoms with van der Waals surface area (Å²) >= 11 is 0. The lowest BCUT2D eigenvalue weighted by Crippen LogP contribution is -2.55. The predicted octanol–water partition coefficient (Wildman–Crippen LogP) is 1.42. The Morgan fingerprint density at radius 2 is 2.11 bits per heavy atom. The third-order valence-electron chi connectivity index (χ3n) is 4.67. The first-order chi connectivity index (χ1) is 13.0. The van der Waals surface area contributed by atoms with Crippen LogP contribution in [0.15, 0.2) is 36.7 Å². The molecule has 1 atom stereocenters. The van der Waals surface area contributed by atoms with Gasteiger partial charge in [0.15, 0.2) is 0 Å². The van der Waals surface area contributed by atoms with Gasteiger partial charge in [0.05, 0.1) is 29.0 Å². The molecular formula is C18H21N7O2. The Labute approximate surface area is 156 Å². The smallest absolute Gasteiger partial charge is 0.318 e. The highest BCUT2D eigenvalue weighted by Crippen LogP contribution is 2.18. The largest absolute Gasteiger partial charge is 0.340 e. The first-order valence-corrected chi connectivity index (χ1v) is 8.80. The molecule has 0 saturated carbocycles. The molecule has 3 aromatic rings. The number of hydrogen-bond donors (Lipinski definition) is 2. The van der Waals surface area contributed by atoms with Crippen LogP contribution in [0.3, 0.4) is 0 Å². The van der Waals surface area contributed by atoms with E-state index in [-0.39, 0.29) is 24.5 Å². The molecule has 3 amide bonds. The molecule has 0 bridgehead atoms. The number of para-hydroxylation sites is 2. The standard InChI is InChI=1S/C18H21N7O2/c1-12(17-21-14-5-3-4-6-15(14)22-17)20-18(27)24-7-8-25(16(26)11-24)13-9-19-23(2)10-13/h3-6,9-10,12H,7-8,11H2,1-2H3,(H,20,27)(H,21,22). The fourth-order valence-corrected chi connectivity index (χ4v) is 3.19. The summed E-state index contributed by atoms with van der Waals surface area (Å²) in [6.45, 7) is 2.80. The Morgan fingerprint density at radius 1 is 1.30 bits per heavy atom. The molecule has 2 aromatic heterocycles. The van der Waals surface area contributed by atoms with Gasteiger partial charge in [-0.2, -0.15) is 5.10 Å². The summed E-state index contributed by atoms with van der Waals surface area (Å²) < 4.78 is 1.65. The maximum Gasteiger partial charge on any atom is 0.318 e. The van der Waals surface area contributed by atoms with Crippen molar-refractivity contribution < 1.29 is 9.59 Å². The highest BCUT2D eigenvalue weighted by atomic mass is 16.2. The summed E-state index contributed by atoms with van der Waals surface area (Å²) in [6.07, 6.45) is 3.44. The summed E-state index contributed by atoms with van der Waals surface area (Å²) in [5.74, 6) is 0.561. The highest BCUT2D eigenvalue weighted by molar-refractivity contribution is 5.97. The number of imidazole rings is 1. The van der Waals surface area contributed by atoms with Crippen LogP contribution in [0.5, 0.6) is 0 Å². The van der Waals surface area contributed by atoms with E-state index >= 15 is 0 Å². The number of urea groups is 1. The number of hydrogen-bond acceptors (Lipinski definition) is 4. The third-order valence-corrected chi connectivity index (χ3v) is 4.67. The average Bonchev–Trinajstić information content (AvgIpc) is 3.27. The summed E-state index contributed by atoms with van der Waals surface area (Å²) in [6, 6.07) is 7.14. The molecule has 0 spiro atoms. The zero-order chi connectivity index (χ0) is 19.0. The van der Waals surface area contributed by atoms with E-state index in [1.807, 2.05) is 31.2 Å². The normalized spacial score (nSPS) is 16.0. The fraction of sp³-hybridized carbons (Fsp3) is 0.333. The summed E-state index contributed by atoms with van der Waals surface area (Å²) in [7, 11) is 1.80. The van der Waals surface area contributed by atoms with E-state index in [4.69, 9.17) is 0 Å². The van der Waals surface area contributed by atoms with Gasteiger partial charge < -0.3 is 20.1 Å². The number of aryl methyl sites for hydroxylation is 1. The van der Waals surface area contributed by atoms with E-state index in [2.05, 4.69) is 20.4 Å². The van der Waals surface area contributed by atoms with Crippen molar-refractivity contribution in [2.75, 3.05) is 24.5 Å². The maximum atomic E-state index is 12.6. The monoisotopic (exact) mass is 367 g/mol. The molecule has 1 aromatic carbocycles. The van der Waals surface area contributed by atoms with Crippen LogP contribution in [-0.2, 0) is 11.8 Å². The lowest BCUT2D eigenvalue weighted by Gasteiger charge is -2.34. The first kappa shape index (κ1) is 17.1. The number of nitrogens with zero attached hydrogens (tertiary/aromatic N) is 5. The number of carbonyl (C=O) groups is 2. The van der Waals surface area contributed by atoms with Crippen molar-refractivity contribution in [1.82, 2.24) is 30.0 Å². The first-order valence-electron chi connectivity index (χ1n) is 8.80. The lowest BCUT2D eigenvalue weighted by atomic mass is 10.3. The van der Waals surface area contributed by atoms with Gasteiger partial charge >= 0.3 is 6.03 Å². The number of rotatable bonds is 3. The van der Waals surface area contributed by atoms with Crippen LogP contribution in [0.2, 0.25) is 0 Å².